The molecule has 0 nitrogen and oxygen atoms in total. The van der Waals surface area contributed by atoms with Gasteiger partial charge in [-0.1, -0.05) is 231 Å². The van der Waals surface area contributed by atoms with E-state index in [0.717, 1.165) is 0 Å². The highest BCUT2D eigenvalue weighted by atomic mass is 14.3. The van der Waals surface area contributed by atoms with E-state index in [1.54, 1.807) is 0 Å². The lowest BCUT2D eigenvalue weighted by Gasteiger charge is -2.30. The molecule has 13 rings (SSSR count). The Labute approximate surface area is 360 Å². The Bertz CT molecular complexity index is 3520. The maximum atomic E-state index is 2.41. The summed E-state index contributed by atoms with van der Waals surface area (Å²) in [4.78, 5) is 0. The van der Waals surface area contributed by atoms with E-state index in [2.05, 4.69) is 231 Å². The molecule has 0 bridgehead atoms. The summed E-state index contributed by atoms with van der Waals surface area (Å²) in [6.07, 6.45) is 0. The van der Waals surface area contributed by atoms with Crippen LogP contribution in [0.15, 0.2) is 231 Å². The highest BCUT2D eigenvalue weighted by molar-refractivity contribution is 6.30. The third kappa shape index (κ3) is 5.14. The lowest BCUT2D eigenvalue weighted by molar-refractivity contribution is 1.53. The van der Waals surface area contributed by atoms with E-state index in [1.165, 1.54) is 131 Å². The maximum Gasteiger partial charge on any atom is -0.000740 e. The van der Waals surface area contributed by atoms with Gasteiger partial charge < -0.3 is 0 Å². The van der Waals surface area contributed by atoms with Gasteiger partial charge in [-0.05, 0) is 131 Å². The van der Waals surface area contributed by atoms with Crippen molar-refractivity contribution in [3.05, 3.63) is 231 Å². The molecule has 0 spiro atoms. The third-order valence-corrected chi connectivity index (χ3v) is 13.3. The first-order chi connectivity index (χ1) is 30.8. The van der Waals surface area contributed by atoms with Gasteiger partial charge in [0.05, 0.1) is 0 Å². The van der Waals surface area contributed by atoms with Gasteiger partial charge >= 0.3 is 0 Å². The van der Waals surface area contributed by atoms with Crippen LogP contribution in [0.4, 0.5) is 0 Å². The van der Waals surface area contributed by atoms with E-state index in [9.17, 15) is 0 Å². The molecule has 0 aromatic heterocycles. The second-order valence-corrected chi connectivity index (χ2v) is 16.7. The normalized spacial score (nSPS) is 11.9. The van der Waals surface area contributed by atoms with Gasteiger partial charge in [0.1, 0.15) is 0 Å². The topological polar surface area (TPSA) is 0 Å². The molecule has 0 saturated carbocycles. The molecule has 0 N–H and O–H groups in total. The molecular weight excluding hydrogens is 745 g/mol. The maximum absolute atomic E-state index is 2.41. The molecule has 0 aliphatic rings. The molecule has 0 fully saturated rings. The zero-order valence-electron chi connectivity index (χ0n) is 33.9. The molecule has 0 saturated heterocycles. The summed E-state index contributed by atoms with van der Waals surface area (Å²) in [5.41, 5.74) is 14.6. The summed E-state index contributed by atoms with van der Waals surface area (Å²) < 4.78 is 0. The second-order valence-electron chi connectivity index (χ2n) is 16.7. The first kappa shape index (κ1) is 34.8. The fourth-order valence-electron chi connectivity index (χ4n) is 10.8. The lowest BCUT2D eigenvalue weighted by Crippen LogP contribution is -2.03. The van der Waals surface area contributed by atoms with Crippen molar-refractivity contribution in [2.45, 2.75) is 0 Å². The Morgan fingerprint density at radius 1 is 0.161 bits per heavy atom. The first-order valence-electron chi connectivity index (χ1n) is 21.6. The van der Waals surface area contributed by atoms with E-state index in [1.807, 2.05) is 0 Å². The van der Waals surface area contributed by atoms with Crippen LogP contribution in [0.25, 0.3) is 131 Å². The molecule has 0 aliphatic heterocycles. The Morgan fingerprint density at radius 3 is 0.742 bits per heavy atom. The monoisotopic (exact) mass is 782 g/mol. The van der Waals surface area contributed by atoms with Crippen molar-refractivity contribution < 1.29 is 0 Å². The molecule has 0 aliphatic carbocycles. The second kappa shape index (κ2) is 13.7. The molecule has 13 aromatic rings. The summed E-state index contributed by atoms with van der Waals surface area (Å²) in [7, 11) is 0. The molecule has 286 valence electrons. The van der Waals surface area contributed by atoms with Crippen LogP contribution in [0.3, 0.4) is 0 Å². The van der Waals surface area contributed by atoms with E-state index in [0.29, 0.717) is 0 Å². The van der Waals surface area contributed by atoms with Gasteiger partial charge in [-0.25, -0.2) is 0 Å². The van der Waals surface area contributed by atoms with Gasteiger partial charge in [0, 0.05) is 0 Å². The van der Waals surface area contributed by atoms with Gasteiger partial charge in [0.25, 0.3) is 0 Å². The van der Waals surface area contributed by atoms with Gasteiger partial charge in [-0.2, -0.15) is 0 Å². The highest BCUT2D eigenvalue weighted by Crippen LogP contribution is 2.58. The molecule has 62 heavy (non-hydrogen) atoms. The SMILES string of the molecule is c1ccc(-c2c(-c3ccccc3)c(-c3ccccc3)c(-c3ccc4ccc5cccc6ccc3c4c56)c(-c3ccc4ccc5cccc6ccc3c4c56)c2-c2ccccc2)cc1. The Hall–Kier alpha value is -8.06. The van der Waals surface area contributed by atoms with Gasteiger partial charge in [-0.15, -0.1) is 0 Å². The van der Waals surface area contributed by atoms with Crippen LogP contribution in [0.1, 0.15) is 0 Å². The molecule has 0 atom stereocenters. The van der Waals surface area contributed by atoms with Crippen molar-refractivity contribution in [1.29, 1.82) is 0 Å². The molecule has 0 radical (unpaired) electrons. The minimum absolute atomic E-state index is 1.18. The molecule has 13 aromatic carbocycles. The minimum atomic E-state index is 1.18. The fourth-order valence-corrected chi connectivity index (χ4v) is 10.8. The van der Waals surface area contributed by atoms with Crippen LogP contribution in [0.5, 0.6) is 0 Å². The minimum Gasteiger partial charge on any atom is -0.0622 e. The summed E-state index contributed by atoms with van der Waals surface area (Å²) in [5, 5.41) is 15.4. The van der Waals surface area contributed by atoms with Crippen LogP contribution in [0.2, 0.25) is 0 Å². The van der Waals surface area contributed by atoms with Crippen LogP contribution in [0, 0.1) is 0 Å². The van der Waals surface area contributed by atoms with Crippen molar-refractivity contribution in [2.75, 3.05) is 0 Å². The Morgan fingerprint density at radius 2 is 0.419 bits per heavy atom. The van der Waals surface area contributed by atoms with Crippen molar-refractivity contribution in [3.63, 3.8) is 0 Å². The predicted molar refractivity (Wildman–Crippen MR) is 266 cm³/mol. The smallest absolute Gasteiger partial charge is 0.000740 e. The van der Waals surface area contributed by atoms with Gasteiger partial charge in [-0.3, -0.25) is 0 Å². The zero-order valence-corrected chi connectivity index (χ0v) is 33.9. The van der Waals surface area contributed by atoms with E-state index in [-0.39, 0.29) is 0 Å². The molecule has 0 amide bonds. The van der Waals surface area contributed by atoms with E-state index >= 15 is 0 Å². The predicted octanol–water partition coefficient (Wildman–Crippen LogP) is 17.5. The molecular formula is C62H38. The zero-order chi connectivity index (χ0) is 40.7. The summed E-state index contributed by atoms with van der Waals surface area (Å²) >= 11 is 0. The molecule has 0 heteroatoms. The molecule has 0 unspecified atom stereocenters. The summed E-state index contributed by atoms with van der Waals surface area (Å²) in [6, 6.07) is 86.1. The molecule has 0 heterocycles. The highest BCUT2D eigenvalue weighted by Gasteiger charge is 2.31. The van der Waals surface area contributed by atoms with Crippen molar-refractivity contribution >= 4 is 64.6 Å². The first-order valence-corrected chi connectivity index (χ1v) is 21.6. The average Bonchev–Trinajstić information content (AvgIpc) is 3.35. The van der Waals surface area contributed by atoms with Crippen LogP contribution >= 0.6 is 0 Å². The van der Waals surface area contributed by atoms with Crippen molar-refractivity contribution in [3.8, 4) is 66.8 Å². The quantitative estimate of drug-likeness (QED) is 0.147. The van der Waals surface area contributed by atoms with Gasteiger partial charge in [0.15, 0.2) is 0 Å². The van der Waals surface area contributed by atoms with Crippen LogP contribution in [-0.2, 0) is 0 Å². The number of rotatable bonds is 6. The summed E-state index contributed by atoms with van der Waals surface area (Å²) in [6.45, 7) is 0. The van der Waals surface area contributed by atoms with E-state index in [4.69, 9.17) is 0 Å². The van der Waals surface area contributed by atoms with Crippen LogP contribution in [-0.4, -0.2) is 0 Å². The van der Waals surface area contributed by atoms with E-state index < -0.39 is 0 Å². The van der Waals surface area contributed by atoms with Crippen molar-refractivity contribution in [2.24, 2.45) is 0 Å². The fraction of sp³-hybridized carbons (Fsp3) is 0. The Balaban J connectivity index is 1.34. The standard InChI is InChI=1S/C62H38/c1-5-15-39(16-6-1)57-58(40-17-7-2-8-18-40)60(42-21-11-4-12-22-42)62(52-38-34-48-30-28-44-24-14-26-46-32-36-50(52)56(48)54(44)46)61(59(57)41-19-9-3-10-20-41)51-37-33-47-29-27-43-23-13-25-45-31-35-49(51)55(47)53(43)45/h1-38H. The van der Waals surface area contributed by atoms with Gasteiger partial charge in [0.2, 0.25) is 0 Å². The largest absolute Gasteiger partial charge is 0.0622 e. The van der Waals surface area contributed by atoms with Crippen molar-refractivity contribution in [1.82, 2.24) is 0 Å². The third-order valence-electron chi connectivity index (χ3n) is 13.3. The summed E-state index contributed by atoms with van der Waals surface area (Å²) in [5.74, 6) is 0. The number of benzene rings is 13. The number of hydrogen-bond donors (Lipinski definition) is 0. The van der Waals surface area contributed by atoms with Crippen LogP contribution < -0.4 is 0 Å². The lowest BCUT2D eigenvalue weighted by atomic mass is 9.72. The Kier molecular flexibility index (Phi) is 7.71. The average molecular weight is 783 g/mol. The number of hydrogen-bond acceptors (Lipinski definition) is 0.